The second kappa shape index (κ2) is 4.32. The van der Waals surface area contributed by atoms with Gasteiger partial charge in [-0.2, -0.15) is 0 Å². The van der Waals surface area contributed by atoms with Gasteiger partial charge in [0.2, 0.25) is 0 Å². The SMILES string of the molecule is CC(O)C1CC(=C(F)B2OC(C)(C)C(C)(C)O2)C1. The molecule has 3 nitrogen and oxygen atoms in total. The first-order valence-corrected chi connectivity index (χ1v) is 6.55. The minimum absolute atomic E-state index is 0.174. The van der Waals surface area contributed by atoms with E-state index in [9.17, 15) is 9.50 Å². The monoisotopic (exact) mass is 256 g/mol. The van der Waals surface area contributed by atoms with Crippen LogP contribution in [0.4, 0.5) is 4.39 Å². The molecule has 1 aliphatic heterocycles. The van der Waals surface area contributed by atoms with Crippen molar-refractivity contribution in [2.24, 2.45) is 5.92 Å². The van der Waals surface area contributed by atoms with Gasteiger partial charge in [-0.05, 0) is 59.0 Å². The first-order valence-electron chi connectivity index (χ1n) is 6.55. The highest BCUT2D eigenvalue weighted by Crippen LogP contribution is 2.43. The van der Waals surface area contributed by atoms with Crippen LogP contribution in [0.25, 0.3) is 0 Å². The normalized spacial score (nSPS) is 31.2. The summed E-state index contributed by atoms with van der Waals surface area (Å²) in [5, 5.41) is 9.40. The molecular formula is C13H22BFO3. The van der Waals surface area contributed by atoms with Crippen LogP contribution in [0, 0.1) is 5.92 Å². The fraction of sp³-hybridized carbons (Fsp3) is 0.846. The zero-order chi connectivity index (χ0) is 13.7. The molecule has 2 aliphatic rings. The van der Waals surface area contributed by atoms with Crippen LogP contribution < -0.4 is 0 Å². The molecule has 2 rings (SSSR count). The van der Waals surface area contributed by atoms with Crippen LogP contribution in [0.3, 0.4) is 0 Å². The van der Waals surface area contributed by atoms with E-state index < -0.39 is 18.3 Å². The summed E-state index contributed by atoms with van der Waals surface area (Å²) in [6, 6.07) is 0. The molecule has 5 heteroatoms. The largest absolute Gasteiger partial charge is 0.525 e. The molecule has 0 bridgehead atoms. The highest BCUT2D eigenvalue weighted by molar-refractivity contribution is 6.53. The molecule has 18 heavy (non-hydrogen) atoms. The van der Waals surface area contributed by atoms with Gasteiger partial charge in [0.25, 0.3) is 0 Å². The van der Waals surface area contributed by atoms with Crippen molar-refractivity contribution in [3.63, 3.8) is 0 Å². The van der Waals surface area contributed by atoms with E-state index in [0.29, 0.717) is 12.8 Å². The molecule has 2 fully saturated rings. The fourth-order valence-corrected chi connectivity index (χ4v) is 2.22. The number of halogens is 1. The summed E-state index contributed by atoms with van der Waals surface area (Å²) in [5.74, 6) is 0.174. The third-order valence-corrected chi connectivity index (χ3v) is 4.50. The van der Waals surface area contributed by atoms with Crippen LogP contribution in [-0.4, -0.2) is 29.5 Å². The van der Waals surface area contributed by atoms with Crippen LogP contribution in [-0.2, 0) is 9.31 Å². The van der Waals surface area contributed by atoms with E-state index in [1.807, 2.05) is 27.7 Å². The zero-order valence-electron chi connectivity index (χ0n) is 11.8. The Kier molecular flexibility index (Phi) is 3.37. The number of aliphatic hydroxyl groups is 1. The van der Waals surface area contributed by atoms with E-state index >= 15 is 0 Å². The van der Waals surface area contributed by atoms with Gasteiger partial charge < -0.3 is 14.4 Å². The van der Waals surface area contributed by atoms with Gasteiger partial charge in [-0.1, -0.05) is 0 Å². The molecule has 0 aromatic heterocycles. The van der Waals surface area contributed by atoms with E-state index in [1.54, 1.807) is 6.92 Å². The average molecular weight is 256 g/mol. The van der Waals surface area contributed by atoms with Crippen molar-refractivity contribution in [3.8, 4) is 0 Å². The van der Waals surface area contributed by atoms with E-state index in [1.165, 1.54) is 0 Å². The van der Waals surface area contributed by atoms with Crippen molar-refractivity contribution < 1.29 is 18.8 Å². The number of hydrogen-bond donors (Lipinski definition) is 1. The van der Waals surface area contributed by atoms with Crippen molar-refractivity contribution in [2.75, 3.05) is 0 Å². The number of allylic oxidation sites excluding steroid dienone is 1. The topological polar surface area (TPSA) is 38.7 Å². The lowest BCUT2D eigenvalue weighted by Gasteiger charge is -2.32. The lowest BCUT2D eigenvalue weighted by molar-refractivity contribution is 0.00578. The molecule has 1 unspecified atom stereocenters. The maximum Gasteiger partial charge on any atom is 0.525 e. The van der Waals surface area contributed by atoms with Crippen molar-refractivity contribution in [1.82, 2.24) is 0 Å². The Morgan fingerprint density at radius 1 is 1.28 bits per heavy atom. The predicted molar refractivity (Wildman–Crippen MR) is 68.6 cm³/mol. The lowest BCUT2D eigenvalue weighted by Crippen LogP contribution is -2.41. The Bertz CT molecular complexity index is 352. The molecule has 0 spiro atoms. The molecular weight excluding hydrogens is 234 g/mol. The van der Waals surface area contributed by atoms with Crippen molar-refractivity contribution >= 4 is 7.12 Å². The second-order valence-electron chi connectivity index (χ2n) is 6.45. The van der Waals surface area contributed by atoms with Crippen molar-refractivity contribution in [1.29, 1.82) is 0 Å². The van der Waals surface area contributed by atoms with Crippen LogP contribution in [0.1, 0.15) is 47.5 Å². The number of rotatable bonds is 2. The molecule has 0 aromatic carbocycles. The van der Waals surface area contributed by atoms with Gasteiger partial charge in [0.1, 0.15) is 5.73 Å². The van der Waals surface area contributed by atoms with Gasteiger partial charge in [-0.15, -0.1) is 0 Å². The van der Waals surface area contributed by atoms with Crippen molar-refractivity contribution in [2.45, 2.75) is 64.8 Å². The molecule has 0 radical (unpaired) electrons. The molecule has 1 atom stereocenters. The predicted octanol–water partition coefficient (Wildman–Crippen LogP) is 2.63. The Morgan fingerprint density at radius 2 is 1.72 bits per heavy atom. The summed E-state index contributed by atoms with van der Waals surface area (Å²) >= 11 is 0. The molecule has 1 aliphatic carbocycles. The summed E-state index contributed by atoms with van der Waals surface area (Å²) < 4.78 is 25.5. The van der Waals surface area contributed by atoms with Gasteiger partial charge >= 0.3 is 7.12 Å². The van der Waals surface area contributed by atoms with E-state index in [-0.39, 0.29) is 17.7 Å². The minimum Gasteiger partial charge on any atom is -0.398 e. The smallest absolute Gasteiger partial charge is 0.398 e. The summed E-state index contributed by atoms with van der Waals surface area (Å²) in [7, 11) is -0.889. The van der Waals surface area contributed by atoms with Crippen LogP contribution in [0.2, 0.25) is 0 Å². The third kappa shape index (κ3) is 2.24. The minimum atomic E-state index is -0.889. The maximum absolute atomic E-state index is 14.2. The molecule has 0 aromatic rings. The van der Waals surface area contributed by atoms with Gasteiger partial charge in [0.15, 0.2) is 0 Å². The molecule has 1 N–H and O–H groups in total. The highest BCUT2D eigenvalue weighted by Gasteiger charge is 2.54. The molecule has 1 heterocycles. The summed E-state index contributed by atoms with van der Waals surface area (Å²) in [6.07, 6.45) is 0.834. The average Bonchev–Trinajstić information content (AvgIpc) is 2.32. The van der Waals surface area contributed by atoms with Crippen LogP contribution in [0.5, 0.6) is 0 Å². The zero-order valence-corrected chi connectivity index (χ0v) is 11.8. The van der Waals surface area contributed by atoms with E-state index in [4.69, 9.17) is 9.31 Å². The van der Waals surface area contributed by atoms with Gasteiger partial charge in [0, 0.05) is 0 Å². The van der Waals surface area contributed by atoms with Gasteiger partial charge in [-0.25, -0.2) is 4.39 Å². The lowest BCUT2D eigenvalue weighted by atomic mass is 9.71. The molecule has 102 valence electrons. The van der Waals surface area contributed by atoms with Crippen LogP contribution >= 0.6 is 0 Å². The standard InChI is InChI=1S/C13H22BFO3/c1-8(16)9-6-10(7-9)11(15)14-17-12(2,3)13(4,5)18-14/h8-9,16H,6-7H2,1-5H3. The fourth-order valence-electron chi connectivity index (χ4n) is 2.22. The van der Waals surface area contributed by atoms with E-state index in [0.717, 1.165) is 5.57 Å². The highest BCUT2D eigenvalue weighted by atomic mass is 19.1. The van der Waals surface area contributed by atoms with Crippen LogP contribution in [0.15, 0.2) is 11.3 Å². The summed E-state index contributed by atoms with van der Waals surface area (Å²) in [5.41, 5.74) is -0.601. The Labute approximate surface area is 108 Å². The maximum atomic E-state index is 14.2. The molecule has 1 saturated carbocycles. The summed E-state index contributed by atoms with van der Waals surface area (Å²) in [6.45, 7) is 9.37. The first kappa shape index (κ1) is 14.0. The second-order valence-corrected chi connectivity index (χ2v) is 6.45. The Morgan fingerprint density at radius 3 is 2.11 bits per heavy atom. The Hall–Kier alpha value is -0.385. The Balaban J connectivity index is 2.05. The number of hydrogen-bond acceptors (Lipinski definition) is 3. The quantitative estimate of drug-likeness (QED) is 0.772. The molecule has 1 saturated heterocycles. The van der Waals surface area contributed by atoms with Gasteiger partial charge in [0.05, 0.1) is 17.3 Å². The first-order chi connectivity index (χ1) is 8.14. The van der Waals surface area contributed by atoms with Crippen molar-refractivity contribution in [3.05, 3.63) is 11.3 Å². The van der Waals surface area contributed by atoms with Gasteiger partial charge in [-0.3, -0.25) is 0 Å². The molecule has 0 amide bonds. The van der Waals surface area contributed by atoms with E-state index in [2.05, 4.69) is 0 Å². The summed E-state index contributed by atoms with van der Waals surface area (Å²) in [4.78, 5) is 0. The number of aliphatic hydroxyl groups excluding tert-OH is 1. The third-order valence-electron chi connectivity index (χ3n) is 4.50.